The van der Waals surface area contributed by atoms with Gasteiger partial charge in [0, 0.05) is 18.2 Å². The molecule has 2 aromatic rings. The highest BCUT2D eigenvalue weighted by Crippen LogP contribution is 2.52. The van der Waals surface area contributed by atoms with Crippen LogP contribution in [0.2, 0.25) is 0 Å². The summed E-state index contributed by atoms with van der Waals surface area (Å²) in [4.78, 5) is 22.6. The summed E-state index contributed by atoms with van der Waals surface area (Å²) in [6.07, 6.45) is 5.19. The van der Waals surface area contributed by atoms with E-state index in [2.05, 4.69) is 27.0 Å². The lowest BCUT2D eigenvalue weighted by atomic mass is 9.84. The maximum Gasteiger partial charge on any atom is 0.318 e. The first-order chi connectivity index (χ1) is 15.4. The molecule has 0 spiro atoms. The van der Waals surface area contributed by atoms with E-state index in [-0.39, 0.29) is 24.8 Å². The molecule has 1 heterocycles. The summed E-state index contributed by atoms with van der Waals surface area (Å²) in [5, 5.41) is 11.4. The number of para-hydroxylation sites is 1. The van der Waals surface area contributed by atoms with E-state index >= 15 is 0 Å². The highest BCUT2D eigenvalue weighted by atomic mass is 32.2. The van der Waals surface area contributed by atoms with Crippen LogP contribution >= 0.6 is 11.8 Å². The molecule has 0 saturated heterocycles. The average Bonchev–Trinajstić information content (AvgIpc) is 3.48. The van der Waals surface area contributed by atoms with Crippen molar-refractivity contribution in [3.05, 3.63) is 35.9 Å². The summed E-state index contributed by atoms with van der Waals surface area (Å²) in [5.74, 6) is 2.42. The maximum absolute atomic E-state index is 14.0. The third-order valence-electron chi connectivity index (χ3n) is 6.57. The number of aromatic nitrogens is 3. The molecule has 4 unspecified atom stereocenters. The molecule has 2 aliphatic rings. The van der Waals surface area contributed by atoms with Crippen LogP contribution in [0.1, 0.15) is 50.9 Å². The molecule has 1 aromatic heterocycles. The molecule has 2 fully saturated rings. The second kappa shape index (κ2) is 9.89. The molecule has 4 rings (SSSR count). The van der Waals surface area contributed by atoms with Gasteiger partial charge in [0.25, 0.3) is 0 Å². The summed E-state index contributed by atoms with van der Waals surface area (Å²) in [7, 11) is 0. The van der Waals surface area contributed by atoms with Crippen molar-refractivity contribution >= 4 is 23.7 Å². The van der Waals surface area contributed by atoms with Crippen molar-refractivity contribution in [2.24, 2.45) is 23.5 Å². The van der Waals surface area contributed by atoms with E-state index in [1.54, 1.807) is 18.2 Å². The van der Waals surface area contributed by atoms with Gasteiger partial charge >= 0.3 is 6.03 Å². The van der Waals surface area contributed by atoms with Gasteiger partial charge in [0.15, 0.2) is 22.5 Å². The Morgan fingerprint density at radius 2 is 2.12 bits per heavy atom. The fourth-order valence-corrected chi connectivity index (χ4v) is 6.11. The topological polar surface area (TPSA) is 112 Å². The number of ether oxygens (including phenoxy) is 1. The van der Waals surface area contributed by atoms with Crippen molar-refractivity contribution in [3.63, 3.8) is 0 Å². The number of amides is 3. The number of carbonyl (C=O) groups is 2. The molecule has 1 aromatic carbocycles. The summed E-state index contributed by atoms with van der Waals surface area (Å²) >= 11 is 1.40. The first kappa shape index (κ1) is 22.6. The number of urea groups is 1. The SMILES string of the molecule is CC(C1CC2CCC1C2)n1c(COc2ccccc2F)nnc1SCCC(=O)NC(N)=O. The summed E-state index contributed by atoms with van der Waals surface area (Å²) in [5.41, 5.74) is 4.99. The molecule has 2 aliphatic carbocycles. The van der Waals surface area contributed by atoms with Gasteiger partial charge < -0.3 is 10.5 Å². The fraction of sp³-hybridized carbons (Fsp3) is 0.545. The van der Waals surface area contributed by atoms with Crippen LogP contribution in [0.3, 0.4) is 0 Å². The molecule has 10 heteroatoms. The minimum Gasteiger partial charge on any atom is -0.483 e. The lowest BCUT2D eigenvalue weighted by Gasteiger charge is -2.30. The molecule has 0 radical (unpaired) electrons. The van der Waals surface area contributed by atoms with Gasteiger partial charge in [-0.3, -0.25) is 14.7 Å². The largest absolute Gasteiger partial charge is 0.483 e. The average molecular weight is 462 g/mol. The van der Waals surface area contributed by atoms with Crippen LogP contribution in [0.5, 0.6) is 5.75 Å². The predicted molar refractivity (Wildman–Crippen MR) is 117 cm³/mol. The maximum atomic E-state index is 14.0. The zero-order valence-electron chi connectivity index (χ0n) is 18.0. The standard InChI is InChI=1S/C22H28FN5O3S/c1-13(16-11-14-6-7-15(16)10-14)28-19(12-31-18-5-3-2-4-17(18)23)26-27-22(28)32-9-8-20(29)25-21(24)30/h2-5,13-16H,6-12H2,1H3,(H3,24,25,29,30). The zero-order chi connectivity index (χ0) is 22.7. The predicted octanol–water partition coefficient (Wildman–Crippen LogP) is 3.67. The van der Waals surface area contributed by atoms with E-state index in [0.717, 1.165) is 5.92 Å². The Morgan fingerprint density at radius 1 is 1.31 bits per heavy atom. The van der Waals surface area contributed by atoms with Gasteiger partial charge in [-0.25, -0.2) is 9.18 Å². The number of imide groups is 1. The van der Waals surface area contributed by atoms with Gasteiger partial charge in [-0.15, -0.1) is 10.2 Å². The molecular weight excluding hydrogens is 433 g/mol. The van der Waals surface area contributed by atoms with Crippen molar-refractivity contribution in [3.8, 4) is 5.75 Å². The number of nitrogens with zero attached hydrogens (tertiary/aromatic N) is 3. The highest BCUT2D eigenvalue weighted by molar-refractivity contribution is 7.99. The zero-order valence-corrected chi connectivity index (χ0v) is 18.8. The molecule has 8 nitrogen and oxygen atoms in total. The van der Waals surface area contributed by atoms with Gasteiger partial charge in [0.05, 0.1) is 0 Å². The number of hydrogen-bond donors (Lipinski definition) is 2. The molecule has 4 atom stereocenters. The van der Waals surface area contributed by atoms with Gasteiger partial charge in [0.1, 0.15) is 6.61 Å². The highest BCUT2D eigenvalue weighted by Gasteiger charge is 2.43. The number of thioether (sulfide) groups is 1. The van der Waals surface area contributed by atoms with Crippen molar-refractivity contribution in [1.82, 2.24) is 20.1 Å². The number of halogens is 1. The third kappa shape index (κ3) is 5.06. The van der Waals surface area contributed by atoms with Crippen molar-refractivity contribution in [1.29, 1.82) is 0 Å². The van der Waals surface area contributed by atoms with Crippen LogP contribution in [0.4, 0.5) is 9.18 Å². The van der Waals surface area contributed by atoms with E-state index < -0.39 is 17.8 Å². The number of benzene rings is 1. The second-order valence-corrected chi connectivity index (χ2v) is 9.64. The Bertz CT molecular complexity index is 984. The van der Waals surface area contributed by atoms with Crippen LogP contribution in [-0.4, -0.2) is 32.5 Å². The third-order valence-corrected chi connectivity index (χ3v) is 7.52. The first-order valence-electron chi connectivity index (χ1n) is 11.0. The fourth-order valence-electron chi connectivity index (χ4n) is 5.13. The van der Waals surface area contributed by atoms with E-state index in [9.17, 15) is 14.0 Å². The molecule has 2 bridgehead atoms. The van der Waals surface area contributed by atoms with Gasteiger partial charge in [-0.1, -0.05) is 30.3 Å². The van der Waals surface area contributed by atoms with E-state index in [4.69, 9.17) is 10.5 Å². The number of nitrogens with one attached hydrogen (secondary N) is 1. The summed E-state index contributed by atoms with van der Waals surface area (Å²) < 4.78 is 21.8. The number of fused-ring (bicyclic) bond motifs is 2. The van der Waals surface area contributed by atoms with Crippen LogP contribution in [0.25, 0.3) is 0 Å². The van der Waals surface area contributed by atoms with E-state index in [0.29, 0.717) is 28.6 Å². The first-order valence-corrected chi connectivity index (χ1v) is 11.9. The van der Waals surface area contributed by atoms with Crippen molar-refractivity contribution in [2.45, 2.75) is 56.8 Å². The van der Waals surface area contributed by atoms with Crippen molar-refractivity contribution in [2.75, 3.05) is 5.75 Å². The Balaban J connectivity index is 1.49. The van der Waals surface area contributed by atoms with Gasteiger partial charge in [-0.2, -0.15) is 0 Å². The van der Waals surface area contributed by atoms with E-state index in [1.807, 2.05) is 0 Å². The van der Waals surface area contributed by atoms with Crippen LogP contribution < -0.4 is 15.8 Å². The molecule has 172 valence electrons. The number of hydrogen-bond acceptors (Lipinski definition) is 6. The molecule has 3 N–H and O–H groups in total. The summed E-state index contributed by atoms with van der Waals surface area (Å²) in [6.45, 7) is 2.28. The van der Waals surface area contributed by atoms with Crippen LogP contribution in [-0.2, 0) is 11.4 Å². The molecule has 3 amide bonds. The smallest absolute Gasteiger partial charge is 0.318 e. The Hall–Kier alpha value is -2.62. The minimum atomic E-state index is -0.861. The quantitative estimate of drug-likeness (QED) is 0.551. The van der Waals surface area contributed by atoms with Crippen molar-refractivity contribution < 1.29 is 18.7 Å². The monoisotopic (exact) mass is 461 g/mol. The number of primary amides is 1. The molecular formula is C22H28FN5O3S. The van der Waals surface area contributed by atoms with Gasteiger partial charge in [-0.05, 0) is 56.1 Å². The Kier molecular flexibility index (Phi) is 6.98. The van der Waals surface area contributed by atoms with Crippen LogP contribution in [0.15, 0.2) is 29.4 Å². The minimum absolute atomic E-state index is 0.0990. The lowest BCUT2D eigenvalue weighted by molar-refractivity contribution is -0.119. The van der Waals surface area contributed by atoms with Gasteiger partial charge in [0.2, 0.25) is 5.91 Å². The Morgan fingerprint density at radius 3 is 2.81 bits per heavy atom. The Labute approximate surface area is 190 Å². The normalized spacial score (nSPS) is 22.6. The number of nitrogens with two attached hydrogens (primary N) is 1. The molecule has 0 aliphatic heterocycles. The summed E-state index contributed by atoms with van der Waals surface area (Å²) in [6, 6.07) is 5.59. The molecule has 32 heavy (non-hydrogen) atoms. The van der Waals surface area contributed by atoms with E-state index in [1.165, 1.54) is 43.5 Å². The molecule has 2 saturated carbocycles. The van der Waals surface area contributed by atoms with Crippen LogP contribution in [0, 0.1) is 23.6 Å². The lowest BCUT2D eigenvalue weighted by Crippen LogP contribution is -2.35. The second-order valence-electron chi connectivity index (χ2n) is 8.58. The number of rotatable bonds is 9. The number of carbonyl (C=O) groups excluding carboxylic acids is 2.